The molecule has 2 rings (SSSR count). The zero-order valence-electron chi connectivity index (χ0n) is 15.7. The molecule has 4 heteroatoms. The summed E-state index contributed by atoms with van der Waals surface area (Å²) in [5.41, 5.74) is 4.52. The fraction of sp³-hybridized carbons (Fsp3) is 0.381. The van der Waals surface area contributed by atoms with Crippen LogP contribution in [0.25, 0.3) is 0 Å². The Morgan fingerprint density at radius 3 is 2.24 bits per heavy atom. The van der Waals surface area contributed by atoms with Crippen molar-refractivity contribution in [3.8, 4) is 0 Å². The Morgan fingerprint density at radius 1 is 1.00 bits per heavy atom. The third kappa shape index (κ3) is 5.61. The van der Waals surface area contributed by atoms with Crippen LogP contribution in [-0.4, -0.2) is 37.5 Å². The Balaban J connectivity index is 1.88. The van der Waals surface area contributed by atoms with E-state index in [1.165, 1.54) is 16.8 Å². The summed E-state index contributed by atoms with van der Waals surface area (Å²) < 4.78 is 0. The highest BCUT2D eigenvalue weighted by Gasteiger charge is 2.09. The van der Waals surface area contributed by atoms with Crippen molar-refractivity contribution in [2.75, 3.05) is 36.9 Å². The van der Waals surface area contributed by atoms with Crippen molar-refractivity contribution in [1.82, 2.24) is 4.90 Å². The molecule has 0 aliphatic carbocycles. The van der Waals surface area contributed by atoms with Crippen LogP contribution in [0.3, 0.4) is 0 Å². The van der Waals surface area contributed by atoms with Gasteiger partial charge in [-0.15, -0.1) is 0 Å². The quantitative estimate of drug-likeness (QED) is 0.792. The summed E-state index contributed by atoms with van der Waals surface area (Å²) in [4.78, 5) is 16.6. The second kappa shape index (κ2) is 9.23. The van der Waals surface area contributed by atoms with Crippen molar-refractivity contribution < 1.29 is 4.79 Å². The number of benzene rings is 2. The zero-order chi connectivity index (χ0) is 18.2. The summed E-state index contributed by atoms with van der Waals surface area (Å²) in [5.74, 6) is 0.00618. The molecule has 2 aromatic rings. The SMILES string of the molecule is CCN(CC)c1ccc(NC(=O)CN(C)Cc2ccccc2C)cc1. The number of anilines is 2. The van der Waals surface area contributed by atoms with Crippen LogP contribution >= 0.6 is 0 Å². The molecule has 0 fully saturated rings. The standard InChI is InChI=1S/C21H29N3O/c1-5-24(6-2)20-13-11-19(12-14-20)22-21(25)16-23(4)15-18-10-8-7-9-17(18)3/h7-14H,5-6,15-16H2,1-4H3,(H,22,25). The minimum Gasteiger partial charge on any atom is -0.372 e. The maximum Gasteiger partial charge on any atom is 0.238 e. The molecule has 0 atom stereocenters. The van der Waals surface area contributed by atoms with E-state index in [0.29, 0.717) is 6.54 Å². The maximum absolute atomic E-state index is 12.3. The van der Waals surface area contributed by atoms with Crippen LogP contribution in [0.4, 0.5) is 11.4 Å². The lowest BCUT2D eigenvalue weighted by molar-refractivity contribution is -0.117. The summed E-state index contributed by atoms with van der Waals surface area (Å²) >= 11 is 0. The molecular formula is C21H29N3O. The van der Waals surface area contributed by atoms with Crippen molar-refractivity contribution in [2.24, 2.45) is 0 Å². The average Bonchev–Trinajstić information content (AvgIpc) is 2.59. The van der Waals surface area contributed by atoms with Gasteiger partial charge in [0.1, 0.15) is 0 Å². The molecule has 1 N–H and O–H groups in total. The fourth-order valence-corrected chi connectivity index (χ4v) is 2.92. The van der Waals surface area contributed by atoms with Crippen molar-refractivity contribution in [3.63, 3.8) is 0 Å². The second-order valence-corrected chi connectivity index (χ2v) is 6.37. The number of rotatable bonds is 8. The first kappa shape index (κ1) is 19.0. The Hall–Kier alpha value is -2.33. The first-order valence-electron chi connectivity index (χ1n) is 8.91. The predicted molar refractivity (Wildman–Crippen MR) is 106 cm³/mol. The normalized spacial score (nSPS) is 10.8. The number of nitrogens with one attached hydrogen (secondary N) is 1. The van der Waals surface area contributed by atoms with Gasteiger partial charge < -0.3 is 10.2 Å². The molecule has 0 spiro atoms. The highest BCUT2D eigenvalue weighted by Crippen LogP contribution is 2.17. The number of amides is 1. The molecule has 0 aliphatic rings. The molecule has 1 amide bonds. The Morgan fingerprint density at radius 2 is 1.64 bits per heavy atom. The van der Waals surface area contributed by atoms with Crippen molar-refractivity contribution in [1.29, 1.82) is 0 Å². The summed E-state index contributed by atoms with van der Waals surface area (Å²) in [6, 6.07) is 16.3. The lowest BCUT2D eigenvalue weighted by Crippen LogP contribution is -2.30. The molecule has 25 heavy (non-hydrogen) atoms. The van der Waals surface area contributed by atoms with Crippen molar-refractivity contribution in [2.45, 2.75) is 27.3 Å². The van der Waals surface area contributed by atoms with Gasteiger partial charge in [-0.05, 0) is 63.2 Å². The number of nitrogens with zero attached hydrogens (tertiary/aromatic N) is 2. The minimum atomic E-state index is 0.00618. The van der Waals surface area contributed by atoms with E-state index in [9.17, 15) is 4.79 Å². The second-order valence-electron chi connectivity index (χ2n) is 6.37. The minimum absolute atomic E-state index is 0.00618. The van der Waals surface area contributed by atoms with E-state index in [1.807, 2.05) is 36.2 Å². The molecule has 2 aromatic carbocycles. The fourth-order valence-electron chi connectivity index (χ4n) is 2.92. The summed E-state index contributed by atoms with van der Waals surface area (Å²) in [7, 11) is 1.97. The van der Waals surface area contributed by atoms with Gasteiger partial charge in [0.15, 0.2) is 0 Å². The van der Waals surface area contributed by atoms with Crippen LogP contribution in [0, 0.1) is 6.92 Å². The number of hydrogen-bond donors (Lipinski definition) is 1. The van der Waals surface area contributed by atoms with Crippen LogP contribution in [0.1, 0.15) is 25.0 Å². The number of carbonyl (C=O) groups excluding carboxylic acids is 1. The van der Waals surface area contributed by atoms with Crippen molar-refractivity contribution in [3.05, 3.63) is 59.7 Å². The molecule has 0 heterocycles. The number of carbonyl (C=O) groups is 1. The van der Waals surface area contributed by atoms with E-state index in [0.717, 1.165) is 25.3 Å². The van der Waals surface area contributed by atoms with Crippen LogP contribution < -0.4 is 10.2 Å². The maximum atomic E-state index is 12.3. The van der Waals surface area contributed by atoms with Crippen LogP contribution in [-0.2, 0) is 11.3 Å². The topological polar surface area (TPSA) is 35.6 Å². The lowest BCUT2D eigenvalue weighted by Gasteiger charge is -2.21. The van der Waals surface area contributed by atoms with E-state index in [1.54, 1.807) is 0 Å². The molecule has 0 saturated carbocycles. The molecule has 0 saturated heterocycles. The first-order chi connectivity index (χ1) is 12.0. The van der Waals surface area contributed by atoms with Crippen LogP contribution in [0.2, 0.25) is 0 Å². The highest BCUT2D eigenvalue weighted by molar-refractivity contribution is 5.92. The zero-order valence-corrected chi connectivity index (χ0v) is 15.7. The molecule has 134 valence electrons. The van der Waals surface area contributed by atoms with Crippen molar-refractivity contribution >= 4 is 17.3 Å². The van der Waals surface area contributed by atoms with E-state index < -0.39 is 0 Å². The molecule has 0 aromatic heterocycles. The Bertz CT molecular complexity index is 678. The van der Waals surface area contributed by atoms with Gasteiger partial charge in [0, 0.05) is 31.0 Å². The van der Waals surface area contributed by atoms with E-state index in [2.05, 4.69) is 55.3 Å². The third-order valence-corrected chi connectivity index (χ3v) is 4.39. The summed E-state index contributed by atoms with van der Waals surface area (Å²) in [6.45, 7) is 9.47. The third-order valence-electron chi connectivity index (χ3n) is 4.39. The van der Waals surface area contributed by atoms with Gasteiger partial charge in [0.2, 0.25) is 5.91 Å². The highest BCUT2D eigenvalue weighted by atomic mass is 16.2. The van der Waals surface area contributed by atoms with Gasteiger partial charge in [0.25, 0.3) is 0 Å². The molecule has 0 bridgehead atoms. The largest absolute Gasteiger partial charge is 0.372 e. The summed E-state index contributed by atoms with van der Waals surface area (Å²) in [6.07, 6.45) is 0. The van der Waals surface area contributed by atoms with E-state index in [-0.39, 0.29) is 5.91 Å². The van der Waals surface area contributed by atoms with Gasteiger partial charge in [-0.1, -0.05) is 24.3 Å². The predicted octanol–water partition coefficient (Wildman–Crippen LogP) is 3.91. The van der Waals surface area contributed by atoms with Gasteiger partial charge in [-0.25, -0.2) is 0 Å². The smallest absolute Gasteiger partial charge is 0.238 e. The van der Waals surface area contributed by atoms with Crippen LogP contribution in [0.5, 0.6) is 0 Å². The molecule has 0 aliphatic heterocycles. The number of hydrogen-bond acceptors (Lipinski definition) is 3. The monoisotopic (exact) mass is 339 g/mol. The Labute approximate surface area is 151 Å². The Kier molecular flexibility index (Phi) is 7.02. The molecule has 0 radical (unpaired) electrons. The van der Waals surface area contributed by atoms with Gasteiger partial charge in [-0.3, -0.25) is 9.69 Å². The molecule has 4 nitrogen and oxygen atoms in total. The first-order valence-corrected chi connectivity index (χ1v) is 8.91. The van der Waals surface area contributed by atoms with E-state index in [4.69, 9.17) is 0 Å². The molecular weight excluding hydrogens is 310 g/mol. The number of likely N-dealkylation sites (N-methyl/N-ethyl adjacent to an activating group) is 1. The number of aryl methyl sites for hydroxylation is 1. The van der Waals surface area contributed by atoms with Gasteiger partial charge >= 0.3 is 0 Å². The van der Waals surface area contributed by atoms with Gasteiger partial charge in [0.05, 0.1) is 6.54 Å². The van der Waals surface area contributed by atoms with Gasteiger partial charge in [-0.2, -0.15) is 0 Å². The molecule has 0 unspecified atom stereocenters. The van der Waals surface area contributed by atoms with Crippen LogP contribution in [0.15, 0.2) is 48.5 Å². The lowest BCUT2D eigenvalue weighted by atomic mass is 10.1. The van der Waals surface area contributed by atoms with E-state index >= 15 is 0 Å². The summed E-state index contributed by atoms with van der Waals surface area (Å²) in [5, 5.41) is 2.98. The average molecular weight is 339 g/mol.